The number of ether oxygens (including phenoxy) is 1. The minimum Gasteiger partial charge on any atom is -0.474 e. The molecule has 1 aliphatic carbocycles. The van der Waals surface area contributed by atoms with Crippen LogP contribution in [0, 0.1) is 0 Å². The molecule has 1 aromatic heterocycles. The molecule has 1 unspecified atom stereocenters. The Bertz CT molecular complexity index is 751. The normalized spacial score (nSPS) is 15.4. The van der Waals surface area contributed by atoms with Crippen LogP contribution in [0.5, 0.6) is 5.88 Å². The molecule has 158 valence electrons. The number of hydrogen-bond acceptors (Lipinski definition) is 4. The van der Waals surface area contributed by atoms with Crippen LogP contribution >= 0.6 is 24.0 Å². The number of aliphatic hydroxyl groups is 1. The van der Waals surface area contributed by atoms with E-state index in [9.17, 15) is 5.11 Å². The number of benzene rings is 1. The van der Waals surface area contributed by atoms with Gasteiger partial charge >= 0.3 is 0 Å². The summed E-state index contributed by atoms with van der Waals surface area (Å²) in [5, 5.41) is 16.3. The van der Waals surface area contributed by atoms with Crippen molar-refractivity contribution >= 4 is 29.9 Å². The van der Waals surface area contributed by atoms with Crippen molar-refractivity contribution in [3.63, 3.8) is 0 Å². The van der Waals surface area contributed by atoms with E-state index in [0.29, 0.717) is 24.9 Å². The average molecular weight is 510 g/mol. The molecule has 3 N–H and O–H groups in total. The largest absolute Gasteiger partial charge is 0.474 e. The number of halogens is 1. The first-order valence-corrected chi connectivity index (χ1v) is 10.0. The highest BCUT2D eigenvalue weighted by atomic mass is 127. The smallest absolute Gasteiger partial charge is 0.218 e. The van der Waals surface area contributed by atoms with E-state index in [-0.39, 0.29) is 42.6 Å². The predicted molar refractivity (Wildman–Crippen MR) is 127 cm³/mol. The number of nitrogens with zero attached hydrogens (tertiary/aromatic N) is 2. The molecular weight excluding hydrogens is 479 g/mol. The van der Waals surface area contributed by atoms with E-state index in [2.05, 4.69) is 20.6 Å². The van der Waals surface area contributed by atoms with Gasteiger partial charge in [0, 0.05) is 37.8 Å². The van der Waals surface area contributed by atoms with Crippen LogP contribution in [0.4, 0.5) is 0 Å². The van der Waals surface area contributed by atoms with Crippen LogP contribution in [0.15, 0.2) is 53.7 Å². The summed E-state index contributed by atoms with van der Waals surface area (Å²) in [4.78, 5) is 8.71. The van der Waals surface area contributed by atoms with Gasteiger partial charge in [-0.05, 0) is 37.3 Å². The molecule has 1 aliphatic rings. The van der Waals surface area contributed by atoms with Crippen LogP contribution in [-0.4, -0.2) is 42.4 Å². The van der Waals surface area contributed by atoms with Gasteiger partial charge in [0.1, 0.15) is 6.10 Å². The first-order valence-electron chi connectivity index (χ1n) is 10.0. The highest BCUT2D eigenvalue weighted by molar-refractivity contribution is 14.0. The second-order valence-corrected chi connectivity index (χ2v) is 7.09. The van der Waals surface area contributed by atoms with Gasteiger partial charge in [-0.3, -0.25) is 4.99 Å². The zero-order valence-corrected chi connectivity index (χ0v) is 19.2. The van der Waals surface area contributed by atoms with Crippen LogP contribution < -0.4 is 15.4 Å². The number of pyridine rings is 1. The summed E-state index contributed by atoms with van der Waals surface area (Å²) in [6, 6.07) is 14.0. The Labute approximate surface area is 190 Å². The molecule has 0 bridgehead atoms. The third-order valence-corrected chi connectivity index (χ3v) is 5.11. The minimum absolute atomic E-state index is 0. The molecule has 0 spiro atoms. The highest BCUT2D eigenvalue weighted by Gasteiger charge is 2.18. The summed E-state index contributed by atoms with van der Waals surface area (Å²) in [5.41, 5.74) is 2.12. The lowest BCUT2D eigenvalue weighted by atomic mass is 10.0. The molecule has 1 aromatic carbocycles. The van der Waals surface area contributed by atoms with E-state index < -0.39 is 0 Å². The number of guanidine groups is 1. The van der Waals surface area contributed by atoms with Gasteiger partial charge in [0.25, 0.3) is 0 Å². The molecule has 2 aromatic rings. The maximum atomic E-state index is 9.72. The molecule has 1 heterocycles. The standard InChI is InChI=1S/C22H30N4O2.HI/c1-23-22(26-15-19(16-27)17-8-3-2-4-9-17)25-14-18-10-7-13-24-21(18)28-20-11-5-6-12-20;/h2-4,7-10,13,19-20,27H,5-6,11-12,14-16H2,1H3,(H2,23,25,26);1H. The molecule has 0 radical (unpaired) electrons. The van der Waals surface area contributed by atoms with Gasteiger partial charge in [0.2, 0.25) is 5.88 Å². The topological polar surface area (TPSA) is 78.8 Å². The Morgan fingerprint density at radius 1 is 1.17 bits per heavy atom. The predicted octanol–water partition coefficient (Wildman–Crippen LogP) is 3.46. The summed E-state index contributed by atoms with van der Waals surface area (Å²) in [6.45, 7) is 1.25. The highest BCUT2D eigenvalue weighted by Crippen LogP contribution is 2.24. The molecule has 0 amide bonds. The van der Waals surface area contributed by atoms with Gasteiger partial charge in [-0.25, -0.2) is 4.98 Å². The third kappa shape index (κ3) is 7.15. The quantitative estimate of drug-likeness (QED) is 0.288. The van der Waals surface area contributed by atoms with Crippen molar-refractivity contribution in [1.82, 2.24) is 15.6 Å². The minimum atomic E-state index is 0. The van der Waals surface area contributed by atoms with Crippen molar-refractivity contribution in [1.29, 1.82) is 0 Å². The second-order valence-electron chi connectivity index (χ2n) is 7.09. The van der Waals surface area contributed by atoms with Crippen LogP contribution in [0.2, 0.25) is 0 Å². The van der Waals surface area contributed by atoms with Crippen LogP contribution in [0.25, 0.3) is 0 Å². The van der Waals surface area contributed by atoms with Gasteiger partial charge in [-0.2, -0.15) is 0 Å². The van der Waals surface area contributed by atoms with Crippen LogP contribution in [0.1, 0.15) is 42.7 Å². The summed E-state index contributed by atoms with van der Waals surface area (Å²) in [7, 11) is 1.74. The Balaban J connectivity index is 0.00000300. The fourth-order valence-corrected chi connectivity index (χ4v) is 3.46. The third-order valence-electron chi connectivity index (χ3n) is 5.11. The average Bonchev–Trinajstić information content (AvgIpc) is 3.25. The number of aromatic nitrogens is 1. The van der Waals surface area contributed by atoms with Crippen LogP contribution in [0.3, 0.4) is 0 Å². The first kappa shape index (κ1) is 23.4. The van der Waals surface area contributed by atoms with E-state index >= 15 is 0 Å². The molecule has 3 rings (SSSR count). The van der Waals surface area contributed by atoms with Crippen molar-refractivity contribution in [2.45, 2.75) is 44.2 Å². The molecule has 0 aliphatic heterocycles. The Morgan fingerprint density at radius 2 is 1.93 bits per heavy atom. The molecule has 0 saturated heterocycles. The molecular formula is C22H31IN4O2. The first-order chi connectivity index (χ1) is 13.8. The monoisotopic (exact) mass is 510 g/mol. The van der Waals surface area contributed by atoms with Gasteiger partial charge in [-0.15, -0.1) is 24.0 Å². The zero-order valence-electron chi connectivity index (χ0n) is 16.9. The van der Waals surface area contributed by atoms with Crippen molar-refractivity contribution in [2.24, 2.45) is 4.99 Å². The van der Waals surface area contributed by atoms with E-state index in [4.69, 9.17) is 4.74 Å². The molecule has 1 saturated carbocycles. The summed E-state index contributed by atoms with van der Waals surface area (Å²) < 4.78 is 6.10. The van der Waals surface area contributed by atoms with E-state index in [0.717, 1.165) is 24.0 Å². The van der Waals surface area contributed by atoms with E-state index in [1.54, 1.807) is 13.2 Å². The number of aliphatic hydroxyl groups excluding tert-OH is 1. The maximum Gasteiger partial charge on any atom is 0.218 e. The van der Waals surface area contributed by atoms with Gasteiger partial charge < -0.3 is 20.5 Å². The number of rotatable bonds is 8. The maximum absolute atomic E-state index is 9.72. The summed E-state index contributed by atoms with van der Waals surface area (Å²) >= 11 is 0. The number of aliphatic imine (C=N–C) groups is 1. The van der Waals surface area contributed by atoms with Gasteiger partial charge in [0.05, 0.1) is 6.61 Å². The van der Waals surface area contributed by atoms with Gasteiger partial charge in [0.15, 0.2) is 5.96 Å². The molecule has 1 fully saturated rings. The summed E-state index contributed by atoms with van der Waals surface area (Å²) in [5.74, 6) is 1.40. The van der Waals surface area contributed by atoms with E-state index in [1.807, 2.05) is 42.5 Å². The fourth-order valence-electron chi connectivity index (χ4n) is 3.46. The number of hydrogen-bond donors (Lipinski definition) is 3. The number of nitrogens with one attached hydrogen (secondary N) is 2. The van der Waals surface area contributed by atoms with Crippen LogP contribution in [-0.2, 0) is 6.54 Å². The van der Waals surface area contributed by atoms with Crippen molar-refractivity contribution < 1.29 is 9.84 Å². The lowest BCUT2D eigenvalue weighted by molar-refractivity contribution is 0.199. The van der Waals surface area contributed by atoms with Crippen molar-refractivity contribution in [3.8, 4) is 5.88 Å². The van der Waals surface area contributed by atoms with Crippen molar-refractivity contribution in [3.05, 3.63) is 59.8 Å². The molecule has 1 atom stereocenters. The molecule has 6 nitrogen and oxygen atoms in total. The van der Waals surface area contributed by atoms with E-state index in [1.165, 1.54) is 12.8 Å². The second kappa shape index (κ2) is 12.6. The Morgan fingerprint density at radius 3 is 2.62 bits per heavy atom. The SMILES string of the molecule is CN=C(NCc1cccnc1OC1CCCC1)NCC(CO)c1ccccc1.I. The Hall–Kier alpha value is -1.87. The lowest BCUT2D eigenvalue weighted by Gasteiger charge is -2.19. The van der Waals surface area contributed by atoms with Crippen molar-refractivity contribution in [2.75, 3.05) is 20.2 Å². The lowest BCUT2D eigenvalue weighted by Crippen LogP contribution is -2.39. The molecule has 7 heteroatoms. The van der Waals surface area contributed by atoms with Gasteiger partial charge in [-0.1, -0.05) is 36.4 Å². The fraction of sp³-hybridized carbons (Fsp3) is 0.455. The Kier molecular flexibility index (Phi) is 10.2. The molecule has 29 heavy (non-hydrogen) atoms. The zero-order chi connectivity index (χ0) is 19.6. The summed E-state index contributed by atoms with van der Waals surface area (Å²) in [6.07, 6.45) is 6.72.